The maximum absolute atomic E-state index is 12.3. The SMILES string of the molecule is Cc1cc(C)n(C(C)C(=O)NC(C)CC(O)c2ccco2)n1. The van der Waals surface area contributed by atoms with Crippen LogP contribution in [-0.2, 0) is 4.79 Å². The average Bonchev–Trinajstić information content (AvgIpc) is 3.07. The Hall–Kier alpha value is -2.08. The number of nitrogens with zero attached hydrogens (tertiary/aromatic N) is 2. The quantitative estimate of drug-likeness (QED) is 0.858. The number of furan rings is 1. The minimum Gasteiger partial charge on any atom is -0.467 e. The molecule has 2 rings (SSSR count). The van der Waals surface area contributed by atoms with E-state index >= 15 is 0 Å². The number of carbonyl (C=O) groups excluding carboxylic acids is 1. The van der Waals surface area contributed by atoms with E-state index in [4.69, 9.17) is 4.42 Å². The van der Waals surface area contributed by atoms with Crippen molar-refractivity contribution in [3.63, 3.8) is 0 Å². The summed E-state index contributed by atoms with van der Waals surface area (Å²) in [6.45, 7) is 7.49. The van der Waals surface area contributed by atoms with E-state index in [0.717, 1.165) is 11.4 Å². The van der Waals surface area contributed by atoms with Crippen LogP contribution < -0.4 is 5.32 Å². The first kappa shape index (κ1) is 16.3. The van der Waals surface area contributed by atoms with E-state index in [1.54, 1.807) is 16.8 Å². The number of nitrogens with one attached hydrogen (secondary N) is 1. The van der Waals surface area contributed by atoms with Gasteiger partial charge in [-0.2, -0.15) is 5.10 Å². The van der Waals surface area contributed by atoms with Gasteiger partial charge in [-0.25, -0.2) is 0 Å². The topological polar surface area (TPSA) is 80.3 Å². The third kappa shape index (κ3) is 3.76. The van der Waals surface area contributed by atoms with Gasteiger partial charge >= 0.3 is 0 Å². The Labute approximate surface area is 130 Å². The molecule has 6 heteroatoms. The molecule has 0 aliphatic heterocycles. The molecule has 22 heavy (non-hydrogen) atoms. The third-order valence-corrected chi connectivity index (χ3v) is 3.63. The van der Waals surface area contributed by atoms with Gasteiger partial charge in [-0.3, -0.25) is 9.48 Å². The van der Waals surface area contributed by atoms with Crippen molar-refractivity contribution in [2.75, 3.05) is 0 Å². The summed E-state index contributed by atoms with van der Waals surface area (Å²) in [7, 11) is 0. The van der Waals surface area contributed by atoms with Crippen LogP contribution in [0.5, 0.6) is 0 Å². The van der Waals surface area contributed by atoms with E-state index in [1.807, 2.05) is 33.8 Å². The lowest BCUT2D eigenvalue weighted by Gasteiger charge is -2.20. The zero-order valence-corrected chi connectivity index (χ0v) is 13.4. The molecule has 2 aromatic rings. The monoisotopic (exact) mass is 305 g/mol. The van der Waals surface area contributed by atoms with Gasteiger partial charge in [0.05, 0.1) is 12.0 Å². The summed E-state index contributed by atoms with van der Waals surface area (Å²) in [5, 5.41) is 17.3. The van der Waals surface area contributed by atoms with Crippen molar-refractivity contribution in [2.45, 2.75) is 52.3 Å². The van der Waals surface area contributed by atoms with Crippen molar-refractivity contribution in [2.24, 2.45) is 0 Å². The largest absolute Gasteiger partial charge is 0.467 e. The molecule has 3 unspecified atom stereocenters. The standard InChI is InChI=1S/C16H23N3O3/c1-10(9-14(20)15-6-5-7-22-15)17-16(21)13(4)19-12(3)8-11(2)18-19/h5-8,10,13-14,20H,9H2,1-4H3,(H,17,21). The van der Waals surface area contributed by atoms with Gasteiger partial charge in [0.2, 0.25) is 5.91 Å². The fraction of sp³-hybridized carbons (Fsp3) is 0.500. The van der Waals surface area contributed by atoms with Gasteiger partial charge in [0, 0.05) is 18.2 Å². The summed E-state index contributed by atoms with van der Waals surface area (Å²) in [4.78, 5) is 12.3. The van der Waals surface area contributed by atoms with Crippen LogP contribution in [0.4, 0.5) is 0 Å². The first-order valence-electron chi connectivity index (χ1n) is 7.43. The molecule has 0 aliphatic carbocycles. The Kier molecular flexibility index (Phi) is 5.03. The molecular weight excluding hydrogens is 282 g/mol. The molecule has 0 aromatic carbocycles. The van der Waals surface area contributed by atoms with Crippen molar-refractivity contribution in [1.29, 1.82) is 0 Å². The van der Waals surface area contributed by atoms with Crippen LogP contribution in [0.3, 0.4) is 0 Å². The normalized spacial score (nSPS) is 15.3. The lowest BCUT2D eigenvalue weighted by molar-refractivity contribution is -0.125. The number of aliphatic hydroxyl groups excluding tert-OH is 1. The molecule has 3 atom stereocenters. The maximum Gasteiger partial charge on any atom is 0.244 e. The molecule has 2 heterocycles. The minimum absolute atomic E-state index is 0.120. The molecule has 0 bridgehead atoms. The van der Waals surface area contributed by atoms with Gasteiger partial charge in [0.25, 0.3) is 0 Å². The fourth-order valence-electron chi connectivity index (χ4n) is 2.50. The number of rotatable bonds is 6. The second-order valence-corrected chi connectivity index (χ2v) is 5.72. The molecule has 2 aromatic heterocycles. The summed E-state index contributed by atoms with van der Waals surface area (Å²) in [5.41, 5.74) is 1.84. The number of hydrogen-bond acceptors (Lipinski definition) is 4. The highest BCUT2D eigenvalue weighted by molar-refractivity contribution is 5.80. The first-order valence-corrected chi connectivity index (χ1v) is 7.43. The number of aromatic nitrogens is 2. The molecule has 0 fully saturated rings. The van der Waals surface area contributed by atoms with Gasteiger partial charge in [-0.15, -0.1) is 0 Å². The summed E-state index contributed by atoms with van der Waals surface area (Å²) < 4.78 is 6.87. The van der Waals surface area contributed by atoms with E-state index in [0.29, 0.717) is 12.2 Å². The van der Waals surface area contributed by atoms with E-state index < -0.39 is 12.1 Å². The van der Waals surface area contributed by atoms with Crippen LogP contribution in [0.15, 0.2) is 28.9 Å². The van der Waals surface area contributed by atoms with Crippen LogP contribution >= 0.6 is 0 Å². The summed E-state index contributed by atoms with van der Waals surface area (Å²) in [6, 6.07) is 4.82. The Morgan fingerprint density at radius 1 is 1.45 bits per heavy atom. The third-order valence-electron chi connectivity index (χ3n) is 3.63. The van der Waals surface area contributed by atoms with Crippen LogP contribution in [0.1, 0.15) is 49.6 Å². The van der Waals surface area contributed by atoms with Gasteiger partial charge in [-0.1, -0.05) is 0 Å². The highest BCUT2D eigenvalue weighted by Gasteiger charge is 2.21. The van der Waals surface area contributed by atoms with Crippen LogP contribution in [0, 0.1) is 13.8 Å². The number of hydrogen-bond donors (Lipinski definition) is 2. The highest BCUT2D eigenvalue weighted by Crippen LogP contribution is 2.19. The molecule has 0 saturated carbocycles. The van der Waals surface area contributed by atoms with Crippen LogP contribution in [0.25, 0.3) is 0 Å². The Balaban J connectivity index is 1.92. The Bertz CT molecular complexity index is 619. The maximum atomic E-state index is 12.3. The zero-order chi connectivity index (χ0) is 16.3. The summed E-state index contributed by atoms with van der Waals surface area (Å²) >= 11 is 0. The van der Waals surface area contributed by atoms with Crippen molar-refractivity contribution < 1.29 is 14.3 Å². The molecule has 0 radical (unpaired) electrons. The van der Waals surface area contributed by atoms with Crippen LogP contribution in [0.2, 0.25) is 0 Å². The lowest BCUT2D eigenvalue weighted by atomic mass is 10.1. The summed E-state index contributed by atoms with van der Waals surface area (Å²) in [6.07, 6.45) is 1.18. The Morgan fingerprint density at radius 3 is 2.73 bits per heavy atom. The fourth-order valence-corrected chi connectivity index (χ4v) is 2.50. The molecular formula is C16H23N3O3. The predicted molar refractivity (Wildman–Crippen MR) is 82.3 cm³/mol. The van der Waals surface area contributed by atoms with Crippen molar-refractivity contribution in [1.82, 2.24) is 15.1 Å². The first-order chi connectivity index (χ1) is 10.4. The lowest BCUT2D eigenvalue weighted by Crippen LogP contribution is -2.38. The molecule has 1 amide bonds. The smallest absolute Gasteiger partial charge is 0.244 e. The molecule has 2 N–H and O–H groups in total. The van der Waals surface area contributed by atoms with E-state index in [-0.39, 0.29) is 11.9 Å². The molecule has 0 saturated heterocycles. The number of carbonyl (C=O) groups is 1. The van der Waals surface area contributed by atoms with Crippen LogP contribution in [-0.4, -0.2) is 26.8 Å². The van der Waals surface area contributed by atoms with Crippen molar-refractivity contribution in [3.8, 4) is 0 Å². The number of amides is 1. The van der Waals surface area contributed by atoms with E-state index in [2.05, 4.69) is 10.4 Å². The van der Waals surface area contributed by atoms with E-state index in [1.165, 1.54) is 6.26 Å². The second kappa shape index (κ2) is 6.79. The van der Waals surface area contributed by atoms with Gasteiger partial charge < -0.3 is 14.8 Å². The highest BCUT2D eigenvalue weighted by atomic mass is 16.4. The van der Waals surface area contributed by atoms with Crippen molar-refractivity contribution in [3.05, 3.63) is 41.6 Å². The number of aliphatic hydroxyl groups is 1. The van der Waals surface area contributed by atoms with Gasteiger partial charge in [-0.05, 0) is 45.9 Å². The predicted octanol–water partition coefficient (Wildman–Crippen LogP) is 2.28. The molecule has 0 aliphatic rings. The Morgan fingerprint density at radius 2 is 2.18 bits per heavy atom. The summed E-state index contributed by atoms with van der Waals surface area (Å²) in [5.74, 6) is 0.387. The molecule has 0 spiro atoms. The van der Waals surface area contributed by atoms with E-state index in [9.17, 15) is 9.90 Å². The molecule has 6 nitrogen and oxygen atoms in total. The minimum atomic E-state index is -0.728. The van der Waals surface area contributed by atoms with Crippen molar-refractivity contribution >= 4 is 5.91 Å². The van der Waals surface area contributed by atoms with Gasteiger partial charge in [0.15, 0.2) is 0 Å². The second-order valence-electron chi connectivity index (χ2n) is 5.72. The molecule has 120 valence electrons. The number of aryl methyl sites for hydroxylation is 2. The average molecular weight is 305 g/mol. The zero-order valence-electron chi connectivity index (χ0n) is 13.4. The van der Waals surface area contributed by atoms with Gasteiger partial charge in [0.1, 0.15) is 17.9 Å².